The molecule has 0 aromatic carbocycles. The lowest BCUT2D eigenvalue weighted by Crippen LogP contribution is -2.45. The van der Waals surface area contributed by atoms with Crippen molar-refractivity contribution < 1.29 is 20.1 Å². The number of carbonyl (C=O) groups is 1. The maximum absolute atomic E-state index is 12.4. The number of aliphatic hydroxyl groups excluding tert-OH is 3. The van der Waals surface area contributed by atoms with Crippen LogP contribution in [0.2, 0.25) is 0 Å². The van der Waals surface area contributed by atoms with Crippen molar-refractivity contribution in [2.45, 2.75) is 205 Å². The third-order valence-corrected chi connectivity index (χ3v) is 8.65. The zero-order chi connectivity index (χ0) is 33.1. The molecule has 45 heavy (non-hydrogen) atoms. The largest absolute Gasteiger partial charge is 0.394 e. The van der Waals surface area contributed by atoms with E-state index in [0.717, 1.165) is 44.9 Å². The molecule has 5 nitrogen and oxygen atoms in total. The molecule has 0 bridgehead atoms. The Bertz CT molecular complexity index is 704. The van der Waals surface area contributed by atoms with E-state index in [1.54, 1.807) is 6.08 Å². The molecule has 0 saturated carbocycles. The summed E-state index contributed by atoms with van der Waals surface area (Å²) >= 11 is 0. The highest BCUT2D eigenvalue weighted by Gasteiger charge is 2.20. The van der Waals surface area contributed by atoms with Gasteiger partial charge in [-0.15, -0.1) is 0 Å². The second-order valence-corrected chi connectivity index (χ2v) is 13.2. The van der Waals surface area contributed by atoms with Crippen molar-refractivity contribution in [2.24, 2.45) is 0 Å². The first-order valence-electron chi connectivity index (χ1n) is 19.3. The summed E-state index contributed by atoms with van der Waals surface area (Å²) in [4.78, 5) is 12.4. The summed E-state index contributed by atoms with van der Waals surface area (Å²) in [6, 6.07) is -0.761. The first-order valence-corrected chi connectivity index (χ1v) is 19.3. The van der Waals surface area contributed by atoms with E-state index in [1.165, 1.54) is 116 Å². The summed E-state index contributed by atoms with van der Waals surface area (Å²) in [6.07, 6.45) is 42.7. The lowest BCUT2D eigenvalue weighted by molar-refractivity contribution is -0.124. The van der Waals surface area contributed by atoms with Gasteiger partial charge in [0.15, 0.2) is 0 Å². The quantitative estimate of drug-likeness (QED) is 0.0419. The highest BCUT2D eigenvalue weighted by atomic mass is 16.3. The fourth-order valence-electron chi connectivity index (χ4n) is 5.64. The Labute approximate surface area is 279 Å². The van der Waals surface area contributed by atoms with E-state index in [1.807, 2.05) is 6.08 Å². The molecule has 0 aromatic rings. The zero-order valence-electron chi connectivity index (χ0n) is 29.7. The lowest BCUT2D eigenvalue weighted by Gasteiger charge is -2.20. The average molecular weight is 634 g/mol. The van der Waals surface area contributed by atoms with Crippen LogP contribution in [0.1, 0.15) is 187 Å². The van der Waals surface area contributed by atoms with Crippen LogP contribution < -0.4 is 5.32 Å². The molecule has 264 valence electrons. The van der Waals surface area contributed by atoms with Crippen molar-refractivity contribution in [3.63, 3.8) is 0 Å². The fourth-order valence-corrected chi connectivity index (χ4v) is 5.64. The molecule has 0 heterocycles. The monoisotopic (exact) mass is 634 g/mol. The molecule has 0 aliphatic carbocycles. The van der Waals surface area contributed by atoms with Gasteiger partial charge in [-0.25, -0.2) is 0 Å². The normalized spacial score (nSPS) is 14.2. The Hall–Kier alpha value is -1.43. The van der Waals surface area contributed by atoms with Gasteiger partial charge in [-0.3, -0.25) is 4.79 Å². The first-order chi connectivity index (χ1) is 22.0. The predicted molar refractivity (Wildman–Crippen MR) is 194 cm³/mol. The van der Waals surface area contributed by atoms with Crippen molar-refractivity contribution in [3.8, 4) is 0 Å². The van der Waals surface area contributed by atoms with E-state index >= 15 is 0 Å². The van der Waals surface area contributed by atoms with Crippen LogP contribution >= 0.6 is 0 Å². The summed E-state index contributed by atoms with van der Waals surface area (Å²) in [5.74, 6) is -0.333. The summed E-state index contributed by atoms with van der Waals surface area (Å²) in [7, 11) is 0. The average Bonchev–Trinajstić information content (AvgIpc) is 3.03. The van der Waals surface area contributed by atoms with Crippen LogP contribution in [0.3, 0.4) is 0 Å². The van der Waals surface area contributed by atoms with Gasteiger partial charge in [0.25, 0.3) is 0 Å². The molecule has 0 aliphatic heterocycles. The number of hydrogen-bond donors (Lipinski definition) is 4. The van der Waals surface area contributed by atoms with Crippen LogP contribution in [0.25, 0.3) is 0 Å². The number of amides is 1. The smallest absolute Gasteiger partial charge is 0.222 e. The number of nitrogens with one attached hydrogen (secondary N) is 1. The number of carbonyl (C=O) groups excluding carboxylic acids is 1. The summed E-state index contributed by atoms with van der Waals surface area (Å²) in [5.41, 5.74) is 0. The van der Waals surface area contributed by atoms with Crippen LogP contribution in [0.5, 0.6) is 0 Å². The fraction of sp³-hybridized carbons (Fsp3) is 0.825. The molecule has 0 fully saturated rings. The number of unbranched alkanes of at least 4 members (excludes halogenated alkanes) is 21. The van der Waals surface area contributed by atoms with Gasteiger partial charge in [0.1, 0.15) is 0 Å². The van der Waals surface area contributed by atoms with Crippen molar-refractivity contribution in [3.05, 3.63) is 36.5 Å². The Kier molecular flexibility index (Phi) is 34.3. The van der Waals surface area contributed by atoms with E-state index in [4.69, 9.17) is 0 Å². The molecule has 0 aromatic heterocycles. The molecular formula is C40H75NO4. The van der Waals surface area contributed by atoms with Gasteiger partial charge in [-0.2, -0.15) is 0 Å². The third-order valence-electron chi connectivity index (χ3n) is 8.65. The Morgan fingerprint density at radius 2 is 0.956 bits per heavy atom. The minimum atomic E-state index is -0.951. The summed E-state index contributed by atoms with van der Waals surface area (Å²) < 4.78 is 0. The van der Waals surface area contributed by atoms with E-state index in [9.17, 15) is 20.1 Å². The van der Waals surface area contributed by atoms with Gasteiger partial charge in [-0.05, 0) is 57.8 Å². The molecule has 0 radical (unpaired) electrons. The van der Waals surface area contributed by atoms with E-state index in [-0.39, 0.29) is 18.9 Å². The maximum atomic E-state index is 12.4. The number of rotatable bonds is 34. The standard InChI is InChI=1S/C40H75NO4/c1-3-5-7-9-11-13-15-17-18-19-20-21-22-23-25-27-29-31-33-37(43)35-40(45)41-38(36-42)39(44)34-32-30-28-26-24-16-14-12-10-8-6-4-2/h20-21,24,26,32,34,37-39,42-44H,3-19,22-23,25,27-31,33,35-36H2,1-2H3,(H,41,45)/b21-20-,26-24+,34-32+. The van der Waals surface area contributed by atoms with Crippen LogP contribution in [0, 0.1) is 0 Å². The van der Waals surface area contributed by atoms with Crippen LogP contribution in [-0.2, 0) is 4.79 Å². The molecule has 1 amide bonds. The molecule has 3 atom stereocenters. The number of allylic oxidation sites excluding steroid dienone is 5. The second kappa shape index (κ2) is 35.4. The molecule has 5 heteroatoms. The van der Waals surface area contributed by atoms with Crippen molar-refractivity contribution in [1.82, 2.24) is 5.32 Å². The van der Waals surface area contributed by atoms with Crippen molar-refractivity contribution in [1.29, 1.82) is 0 Å². The van der Waals surface area contributed by atoms with E-state index in [0.29, 0.717) is 6.42 Å². The minimum absolute atomic E-state index is 0.0000856. The van der Waals surface area contributed by atoms with Gasteiger partial charge in [0, 0.05) is 0 Å². The topological polar surface area (TPSA) is 89.8 Å². The molecule has 3 unspecified atom stereocenters. The second-order valence-electron chi connectivity index (χ2n) is 13.2. The van der Waals surface area contributed by atoms with E-state index in [2.05, 4.69) is 43.5 Å². The lowest BCUT2D eigenvalue weighted by atomic mass is 10.0. The minimum Gasteiger partial charge on any atom is -0.394 e. The summed E-state index contributed by atoms with van der Waals surface area (Å²) in [6.45, 7) is 4.17. The Morgan fingerprint density at radius 3 is 1.42 bits per heavy atom. The van der Waals surface area contributed by atoms with Gasteiger partial charge < -0.3 is 20.6 Å². The molecule has 0 rings (SSSR count). The Morgan fingerprint density at radius 1 is 0.556 bits per heavy atom. The van der Waals surface area contributed by atoms with Crippen LogP contribution in [0.4, 0.5) is 0 Å². The van der Waals surface area contributed by atoms with Crippen LogP contribution in [0.15, 0.2) is 36.5 Å². The van der Waals surface area contributed by atoms with Crippen LogP contribution in [-0.4, -0.2) is 46.1 Å². The number of aliphatic hydroxyl groups is 3. The zero-order valence-corrected chi connectivity index (χ0v) is 29.7. The Balaban J connectivity index is 3.75. The van der Waals surface area contributed by atoms with E-state index < -0.39 is 18.2 Å². The highest BCUT2D eigenvalue weighted by Crippen LogP contribution is 2.13. The molecule has 0 saturated heterocycles. The summed E-state index contributed by atoms with van der Waals surface area (Å²) in [5, 5.41) is 33.0. The predicted octanol–water partition coefficient (Wildman–Crippen LogP) is 10.4. The molecule has 0 aliphatic rings. The maximum Gasteiger partial charge on any atom is 0.222 e. The SMILES string of the molecule is CCCCCCCC/C=C/CC/C=C/C(O)C(CO)NC(=O)CC(O)CCCCCCC/C=C\CCCCCCCCCCC. The van der Waals surface area contributed by atoms with Gasteiger partial charge >= 0.3 is 0 Å². The first kappa shape index (κ1) is 43.6. The van der Waals surface area contributed by atoms with Gasteiger partial charge in [0.05, 0.1) is 31.3 Å². The van der Waals surface area contributed by atoms with Crippen molar-refractivity contribution in [2.75, 3.05) is 6.61 Å². The molecular weight excluding hydrogens is 558 g/mol. The van der Waals surface area contributed by atoms with Crippen molar-refractivity contribution >= 4 is 5.91 Å². The third kappa shape index (κ3) is 32.3. The van der Waals surface area contributed by atoms with Gasteiger partial charge in [-0.1, -0.05) is 159 Å². The van der Waals surface area contributed by atoms with Gasteiger partial charge in [0.2, 0.25) is 5.91 Å². The molecule has 0 spiro atoms. The number of hydrogen-bond acceptors (Lipinski definition) is 4. The molecule has 4 N–H and O–H groups in total. The highest BCUT2D eigenvalue weighted by molar-refractivity contribution is 5.76.